The van der Waals surface area contributed by atoms with E-state index in [-0.39, 0.29) is 0 Å². The molecular weight excluding hydrogens is 400 g/mol. The predicted molar refractivity (Wildman–Crippen MR) is 129 cm³/mol. The molecular formula is C27H34N2O3. The van der Waals surface area contributed by atoms with Gasteiger partial charge < -0.3 is 19.1 Å². The number of rotatable bonds is 7. The van der Waals surface area contributed by atoms with Crippen molar-refractivity contribution >= 4 is 11.3 Å². The number of piperazine rings is 1. The van der Waals surface area contributed by atoms with Gasteiger partial charge in [0.05, 0.1) is 19.4 Å². The first-order valence-corrected chi connectivity index (χ1v) is 12.0. The van der Waals surface area contributed by atoms with Crippen LogP contribution in [0, 0.1) is 6.92 Å². The van der Waals surface area contributed by atoms with Crippen molar-refractivity contribution in [1.82, 2.24) is 4.90 Å². The second kappa shape index (κ2) is 9.45. The molecule has 1 saturated heterocycles. The standard InChI is InChI=1S/C27H34N2O3/c1-20-25(12-11-23-22-8-5-7-21(22)19-32-27(20)23)31-18-6-13-28-14-16-29(17-15-28)24-9-3-4-10-26(24)30-2/h3-4,9-12H,5-8,13-19H2,1-2H3. The minimum atomic E-state index is 0.736. The maximum absolute atomic E-state index is 6.18. The summed E-state index contributed by atoms with van der Waals surface area (Å²) >= 11 is 0. The highest BCUT2D eigenvalue weighted by molar-refractivity contribution is 5.78. The number of nitrogens with zero attached hydrogens (tertiary/aromatic N) is 2. The number of benzene rings is 2. The van der Waals surface area contributed by atoms with Crippen LogP contribution in [-0.2, 0) is 0 Å². The van der Waals surface area contributed by atoms with Crippen molar-refractivity contribution < 1.29 is 14.2 Å². The van der Waals surface area contributed by atoms with E-state index in [2.05, 4.69) is 41.0 Å². The van der Waals surface area contributed by atoms with E-state index in [1.54, 1.807) is 7.11 Å². The lowest BCUT2D eigenvalue weighted by molar-refractivity contribution is 0.223. The second-order valence-corrected chi connectivity index (χ2v) is 8.99. The average molecular weight is 435 g/mol. The molecule has 5 heteroatoms. The zero-order chi connectivity index (χ0) is 21.9. The quantitative estimate of drug-likeness (QED) is 0.578. The molecule has 1 fully saturated rings. The van der Waals surface area contributed by atoms with Crippen molar-refractivity contribution in [2.45, 2.75) is 32.6 Å². The highest BCUT2D eigenvalue weighted by Gasteiger charge is 2.26. The molecule has 0 radical (unpaired) electrons. The second-order valence-electron chi connectivity index (χ2n) is 8.99. The molecule has 0 spiro atoms. The molecule has 0 N–H and O–H groups in total. The molecule has 0 amide bonds. The number of para-hydroxylation sites is 2. The normalized spacial score (nSPS) is 18.2. The zero-order valence-corrected chi connectivity index (χ0v) is 19.4. The number of anilines is 1. The molecule has 0 atom stereocenters. The van der Waals surface area contributed by atoms with E-state index < -0.39 is 0 Å². The lowest BCUT2D eigenvalue weighted by atomic mass is 9.96. The lowest BCUT2D eigenvalue weighted by Crippen LogP contribution is -2.46. The van der Waals surface area contributed by atoms with Gasteiger partial charge in [-0.15, -0.1) is 0 Å². The topological polar surface area (TPSA) is 34.2 Å². The van der Waals surface area contributed by atoms with E-state index in [0.29, 0.717) is 0 Å². The fourth-order valence-corrected chi connectivity index (χ4v) is 5.28. The van der Waals surface area contributed by atoms with Crippen molar-refractivity contribution in [3.63, 3.8) is 0 Å². The Morgan fingerprint density at radius 3 is 2.66 bits per heavy atom. The van der Waals surface area contributed by atoms with Crippen LogP contribution >= 0.6 is 0 Å². The fourth-order valence-electron chi connectivity index (χ4n) is 5.28. The average Bonchev–Trinajstić information content (AvgIpc) is 3.33. The maximum Gasteiger partial charge on any atom is 0.142 e. The third-order valence-electron chi connectivity index (χ3n) is 7.08. The first-order valence-electron chi connectivity index (χ1n) is 12.0. The van der Waals surface area contributed by atoms with Gasteiger partial charge in [0.2, 0.25) is 0 Å². The Morgan fingerprint density at radius 1 is 0.969 bits per heavy atom. The Bertz CT molecular complexity index is 992. The van der Waals surface area contributed by atoms with Crippen LogP contribution in [0.2, 0.25) is 0 Å². The van der Waals surface area contributed by atoms with E-state index >= 15 is 0 Å². The molecule has 0 aromatic heterocycles. The fraction of sp³-hybridized carbons (Fsp3) is 0.481. The number of fused-ring (bicyclic) bond motifs is 2. The van der Waals surface area contributed by atoms with Gasteiger partial charge in [-0.1, -0.05) is 12.1 Å². The molecule has 2 heterocycles. The Morgan fingerprint density at radius 2 is 1.81 bits per heavy atom. The number of ether oxygens (including phenoxy) is 3. The summed E-state index contributed by atoms with van der Waals surface area (Å²) in [6, 6.07) is 12.6. The summed E-state index contributed by atoms with van der Waals surface area (Å²) in [4.78, 5) is 4.96. The van der Waals surface area contributed by atoms with E-state index in [0.717, 1.165) is 75.2 Å². The summed E-state index contributed by atoms with van der Waals surface area (Å²) < 4.78 is 17.8. The summed E-state index contributed by atoms with van der Waals surface area (Å²) in [6.45, 7) is 8.89. The van der Waals surface area contributed by atoms with Gasteiger partial charge in [-0.3, -0.25) is 4.90 Å². The summed E-state index contributed by atoms with van der Waals surface area (Å²) in [5.41, 5.74) is 6.65. The summed E-state index contributed by atoms with van der Waals surface area (Å²) in [7, 11) is 1.74. The van der Waals surface area contributed by atoms with Crippen molar-refractivity contribution in [3.8, 4) is 17.2 Å². The third kappa shape index (κ3) is 4.18. The Hall–Kier alpha value is -2.66. The van der Waals surface area contributed by atoms with Crippen LogP contribution in [0.1, 0.15) is 36.8 Å². The van der Waals surface area contributed by atoms with Gasteiger partial charge >= 0.3 is 0 Å². The molecule has 0 saturated carbocycles. The molecule has 5 rings (SSSR count). The van der Waals surface area contributed by atoms with Gasteiger partial charge in [0.1, 0.15) is 23.9 Å². The molecule has 1 aliphatic carbocycles. The van der Waals surface area contributed by atoms with Gasteiger partial charge in [-0.05, 0) is 68.0 Å². The Labute approximate surface area is 191 Å². The van der Waals surface area contributed by atoms with Crippen LogP contribution in [-0.4, -0.2) is 57.9 Å². The van der Waals surface area contributed by atoms with Crippen molar-refractivity contribution in [3.05, 3.63) is 53.1 Å². The van der Waals surface area contributed by atoms with Crippen LogP contribution < -0.4 is 19.1 Å². The minimum Gasteiger partial charge on any atom is -0.495 e. The van der Waals surface area contributed by atoms with Crippen LogP contribution in [0.3, 0.4) is 0 Å². The van der Waals surface area contributed by atoms with E-state index in [1.165, 1.54) is 41.7 Å². The smallest absolute Gasteiger partial charge is 0.142 e. The number of hydrogen-bond donors (Lipinski definition) is 0. The monoisotopic (exact) mass is 434 g/mol. The molecule has 2 aliphatic heterocycles. The van der Waals surface area contributed by atoms with Crippen molar-refractivity contribution in [2.75, 3.05) is 57.9 Å². The highest BCUT2D eigenvalue weighted by Crippen LogP contribution is 2.45. The van der Waals surface area contributed by atoms with E-state index in [9.17, 15) is 0 Å². The van der Waals surface area contributed by atoms with Gasteiger partial charge in [0, 0.05) is 43.9 Å². The SMILES string of the molecule is COc1ccccc1N1CCN(CCCOc2ccc3c(c2C)OCC2=C3CCC2)CC1. The van der Waals surface area contributed by atoms with Gasteiger partial charge in [-0.2, -0.15) is 0 Å². The number of allylic oxidation sites excluding steroid dienone is 1. The molecule has 32 heavy (non-hydrogen) atoms. The molecule has 2 aromatic carbocycles. The Balaban J connectivity index is 1.10. The van der Waals surface area contributed by atoms with Crippen LogP contribution in [0.5, 0.6) is 17.2 Å². The zero-order valence-electron chi connectivity index (χ0n) is 19.4. The largest absolute Gasteiger partial charge is 0.495 e. The van der Waals surface area contributed by atoms with Crippen molar-refractivity contribution in [1.29, 1.82) is 0 Å². The predicted octanol–water partition coefficient (Wildman–Crippen LogP) is 4.92. The van der Waals surface area contributed by atoms with Gasteiger partial charge in [0.15, 0.2) is 0 Å². The first-order chi connectivity index (χ1) is 15.7. The van der Waals surface area contributed by atoms with Gasteiger partial charge in [0.25, 0.3) is 0 Å². The van der Waals surface area contributed by atoms with Crippen LogP contribution in [0.25, 0.3) is 5.57 Å². The molecule has 3 aliphatic rings. The summed E-state index contributed by atoms with van der Waals surface area (Å²) in [6.07, 6.45) is 4.67. The highest BCUT2D eigenvalue weighted by atomic mass is 16.5. The van der Waals surface area contributed by atoms with Crippen molar-refractivity contribution in [2.24, 2.45) is 0 Å². The van der Waals surface area contributed by atoms with E-state index in [4.69, 9.17) is 14.2 Å². The van der Waals surface area contributed by atoms with Gasteiger partial charge in [-0.25, -0.2) is 0 Å². The molecule has 0 bridgehead atoms. The maximum atomic E-state index is 6.18. The van der Waals surface area contributed by atoms with E-state index in [1.807, 2.05) is 12.1 Å². The lowest BCUT2D eigenvalue weighted by Gasteiger charge is -2.36. The molecule has 170 valence electrons. The molecule has 0 unspecified atom stereocenters. The van der Waals surface area contributed by atoms with Crippen LogP contribution in [0.15, 0.2) is 42.0 Å². The summed E-state index contributed by atoms with van der Waals surface area (Å²) in [5, 5.41) is 0. The third-order valence-corrected chi connectivity index (χ3v) is 7.08. The summed E-state index contributed by atoms with van der Waals surface area (Å²) in [5.74, 6) is 2.96. The minimum absolute atomic E-state index is 0.736. The number of hydrogen-bond acceptors (Lipinski definition) is 5. The molecule has 5 nitrogen and oxygen atoms in total. The number of methoxy groups -OCH3 is 1. The Kier molecular flexibility index (Phi) is 6.26. The first kappa shape index (κ1) is 21.2. The molecule has 2 aromatic rings. The van der Waals surface area contributed by atoms with Crippen LogP contribution in [0.4, 0.5) is 5.69 Å².